The molecule has 2 heterocycles. The Morgan fingerprint density at radius 3 is 2.78 bits per heavy atom. The number of aliphatic imine (C=N–C) groups is 1. The molecule has 1 atom stereocenters. The third-order valence-electron chi connectivity index (χ3n) is 4.13. The number of rotatable bonds is 8. The number of ether oxygens (including phenoxy) is 1. The lowest BCUT2D eigenvalue weighted by Crippen LogP contribution is -2.38. The molecule has 0 spiro atoms. The summed E-state index contributed by atoms with van der Waals surface area (Å²) in [6.07, 6.45) is 1.87. The Balaban J connectivity index is 1.97. The van der Waals surface area contributed by atoms with E-state index in [2.05, 4.69) is 45.6 Å². The van der Waals surface area contributed by atoms with Gasteiger partial charge in [-0.05, 0) is 19.8 Å². The van der Waals surface area contributed by atoms with E-state index in [1.165, 1.54) is 5.56 Å². The summed E-state index contributed by atoms with van der Waals surface area (Å²) < 4.78 is 12.6. The first-order valence-electron chi connectivity index (χ1n) is 9.23. The number of hydrogen-bond donors (Lipinski definition) is 1. The summed E-state index contributed by atoms with van der Waals surface area (Å²) >= 11 is 0. The van der Waals surface area contributed by atoms with Crippen molar-refractivity contribution in [3.8, 4) is 0 Å². The van der Waals surface area contributed by atoms with E-state index >= 15 is 0 Å². The van der Waals surface area contributed by atoms with Crippen molar-refractivity contribution in [3.05, 3.63) is 29.2 Å². The van der Waals surface area contributed by atoms with E-state index in [1.807, 2.05) is 37.5 Å². The van der Waals surface area contributed by atoms with Gasteiger partial charge in [-0.1, -0.05) is 19.0 Å². The van der Waals surface area contributed by atoms with Gasteiger partial charge in [0.05, 0.1) is 12.2 Å². The summed E-state index contributed by atoms with van der Waals surface area (Å²) in [6.45, 7) is 9.84. The highest BCUT2D eigenvalue weighted by Gasteiger charge is 2.17. The Kier molecular flexibility index (Phi) is 7.35. The molecule has 0 saturated carbocycles. The van der Waals surface area contributed by atoms with Crippen LogP contribution in [0.4, 0.5) is 0 Å². The minimum Gasteiger partial charge on any atom is -0.371 e. The lowest BCUT2D eigenvalue weighted by molar-refractivity contribution is 0.0683. The van der Waals surface area contributed by atoms with Crippen LogP contribution in [0.1, 0.15) is 62.7 Å². The molecule has 2 rings (SSSR count). The van der Waals surface area contributed by atoms with E-state index in [1.54, 1.807) is 7.05 Å². The molecule has 1 N–H and O–H groups in total. The highest BCUT2D eigenvalue weighted by atomic mass is 16.5. The molecule has 0 saturated heterocycles. The SMILES string of the molecule is CCOC(C)c1noc(CNC(=NC)N(C)Cc2cn(C)nc2C(C)C)n1. The lowest BCUT2D eigenvalue weighted by atomic mass is 10.1. The molecule has 0 amide bonds. The van der Waals surface area contributed by atoms with E-state index in [4.69, 9.17) is 9.26 Å². The first-order chi connectivity index (χ1) is 12.8. The number of guanidine groups is 1. The molecule has 0 aliphatic carbocycles. The molecule has 2 aromatic heterocycles. The Bertz CT molecular complexity index is 751. The van der Waals surface area contributed by atoms with Crippen molar-refractivity contribution in [2.75, 3.05) is 20.7 Å². The average Bonchev–Trinajstić information content (AvgIpc) is 3.22. The highest BCUT2D eigenvalue weighted by molar-refractivity contribution is 5.79. The number of aromatic nitrogens is 4. The van der Waals surface area contributed by atoms with E-state index in [0.717, 1.165) is 11.7 Å². The van der Waals surface area contributed by atoms with E-state index in [0.29, 0.717) is 37.3 Å². The fourth-order valence-electron chi connectivity index (χ4n) is 2.86. The van der Waals surface area contributed by atoms with Gasteiger partial charge in [-0.25, -0.2) is 0 Å². The van der Waals surface area contributed by atoms with Crippen molar-refractivity contribution >= 4 is 5.96 Å². The Labute approximate surface area is 160 Å². The molecule has 1 unspecified atom stereocenters. The Morgan fingerprint density at radius 1 is 1.41 bits per heavy atom. The van der Waals surface area contributed by atoms with Crippen molar-refractivity contribution in [1.29, 1.82) is 0 Å². The number of aryl methyl sites for hydroxylation is 1. The van der Waals surface area contributed by atoms with Crippen molar-refractivity contribution < 1.29 is 9.26 Å². The molecule has 9 nitrogen and oxygen atoms in total. The molecule has 2 aromatic rings. The normalized spacial score (nSPS) is 13.3. The van der Waals surface area contributed by atoms with Crippen LogP contribution in [0.2, 0.25) is 0 Å². The molecule has 0 aliphatic rings. The van der Waals surface area contributed by atoms with Gasteiger partial charge < -0.3 is 19.5 Å². The highest BCUT2D eigenvalue weighted by Crippen LogP contribution is 2.18. The number of nitrogens with one attached hydrogen (secondary N) is 1. The standard InChI is InChI=1S/C18H31N7O2/c1-8-26-13(4)17-21-15(27-23-17)9-20-18(19-5)24(6)10-14-11-25(7)22-16(14)12(2)3/h11-13H,8-10H2,1-7H3,(H,19,20). The molecule has 0 radical (unpaired) electrons. The van der Waals surface area contributed by atoms with Crippen molar-refractivity contribution in [1.82, 2.24) is 30.1 Å². The number of nitrogens with zero attached hydrogens (tertiary/aromatic N) is 6. The van der Waals surface area contributed by atoms with Crippen molar-refractivity contribution in [2.24, 2.45) is 12.0 Å². The van der Waals surface area contributed by atoms with Gasteiger partial charge in [0.25, 0.3) is 0 Å². The average molecular weight is 377 g/mol. The molecule has 0 bridgehead atoms. The van der Waals surface area contributed by atoms with E-state index < -0.39 is 0 Å². The summed E-state index contributed by atoms with van der Waals surface area (Å²) in [5.74, 6) is 2.16. The lowest BCUT2D eigenvalue weighted by Gasteiger charge is -2.21. The molecule has 0 aromatic carbocycles. The van der Waals surface area contributed by atoms with E-state index in [-0.39, 0.29) is 6.10 Å². The van der Waals surface area contributed by atoms with Crippen LogP contribution in [-0.4, -0.2) is 51.5 Å². The summed E-state index contributed by atoms with van der Waals surface area (Å²) in [4.78, 5) is 10.8. The predicted octanol–water partition coefficient (Wildman–Crippen LogP) is 2.23. The molecular formula is C18H31N7O2. The van der Waals surface area contributed by atoms with Gasteiger partial charge in [-0.3, -0.25) is 9.67 Å². The van der Waals surface area contributed by atoms with Gasteiger partial charge >= 0.3 is 0 Å². The molecule has 0 aliphatic heterocycles. The smallest absolute Gasteiger partial charge is 0.246 e. The summed E-state index contributed by atoms with van der Waals surface area (Å²) in [5.41, 5.74) is 2.29. The second-order valence-corrected chi connectivity index (χ2v) is 6.77. The van der Waals surface area contributed by atoms with Crippen LogP contribution in [0.25, 0.3) is 0 Å². The maximum atomic E-state index is 5.48. The summed E-state index contributed by atoms with van der Waals surface area (Å²) in [6, 6.07) is 0. The molecular weight excluding hydrogens is 346 g/mol. The third-order valence-corrected chi connectivity index (χ3v) is 4.13. The minimum atomic E-state index is -0.186. The predicted molar refractivity (Wildman–Crippen MR) is 103 cm³/mol. The van der Waals surface area contributed by atoms with Crippen LogP contribution in [0.3, 0.4) is 0 Å². The van der Waals surface area contributed by atoms with Crippen molar-refractivity contribution in [2.45, 2.75) is 52.8 Å². The second-order valence-electron chi connectivity index (χ2n) is 6.77. The quantitative estimate of drug-likeness (QED) is 0.557. The minimum absolute atomic E-state index is 0.186. The van der Waals surface area contributed by atoms with Crippen LogP contribution < -0.4 is 5.32 Å². The van der Waals surface area contributed by atoms with Gasteiger partial charge in [0.1, 0.15) is 6.10 Å². The summed E-state index contributed by atoms with van der Waals surface area (Å²) in [7, 11) is 5.68. The zero-order chi connectivity index (χ0) is 20.0. The molecule has 0 fully saturated rings. The summed E-state index contributed by atoms with van der Waals surface area (Å²) in [5, 5.41) is 11.8. The van der Waals surface area contributed by atoms with Crippen LogP contribution >= 0.6 is 0 Å². The Morgan fingerprint density at radius 2 is 2.15 bits per heavy atom. The van der Waals surface area contributed by atoms with Gasteiger partial charge in [-0.15, -0.1) is 0 Å². The van der Waals surface area contributed by atoms with Crippen LogP contribution in [0.5, 0.6) is 0 Å². The van der Waals surface area contributed by atoms with Crippen LogP contribution in [0, 0.1) is 0 Å². The maximum absolute atomic E-state index is 5.48. The number of hydrogen-bond acceptors (Lipinski definition) is 6. The van der Waals surface area contributed by atoms with Gasteiger partial charge in [-0.2, -0.15) is 10.1 Å². The van der Waals surface area contributed by atoms with Crippen molar-refractivity contribution in [3.63, 3.8) is 0 Å². The van der Waals surface area contributed by atoms with Gasteiger partial charge in [0.2, 0.25) is 5.89 Å². The van der Waals surface area contributed by atoms with Crippen LogP contribution in [-0.2, 0) is 24.9 Å². The maximum Gasteiger partial charge on any atom is 0.246 e. The zero-order valence-electron chi connectivity index (χ0n) is 17.4. The van der Waals surface area contributed by atoms with Gasteiger partial charge in [0, 0.05) is 46.1 Å². The third kappa shape index (κ3) is 5.53. The largest absolute Gasteiger partial charge is 0.371 e. The second kappa shape index (κ2) is 9.50. The first-order valence-corrected chi connectivity index (χ1v) is 9.23. The molecule has 150 valence electrons. The Hall–Kier alpha value is -2.42. The first kappa shape index (κ1) is 20.9. The van der Waals surface area contributed by atoms with Crippen LogP contribution in [0.15, 0.2) is 15.7 Å². The fourth-order valence-corrected chi connectivity index (χ4v) is 2.86. The zero-order valence-corrected chi connectivity index (χ0v) is 17.4. The van der Waals surface area contributed by atoms with Gasteiger partial charge in [0.15, 0.2) is 11.8 Å². The van der Waals surface area contributed by atoms with E-state index in [9.17, 15) is 0 Å². The monoisotopic (exact) mass is 377 g/mol. The fraction of sp³-hybridized carbons (Fsp3) is 0.667. The topological polar surface area (TPSA) is 93.6 Å². The molecule has 9 heteroatoms. The molecule has 27 heavy (non-hydrogen) atoms.